The van der Waals surface area contributed by atoms with Crippen LogP contribution in [-0.2, 0) is 12.8 Å². The molecule has 0 bridgehead atoms. The smallest absolute Gasteiger partial charge is 0.234 e. The quantitative estimate of drug-likeness (QED) is 0.599. The van der Waals surface area contributed by atoms with Crippen LogP contribution in [0.1, 0.15) is 17.7 Å². The number of hydrogen-bond donors (Lipinski definition) is 0. The van der Waals surface area contributed by atoms with E-state index in [1.807, 2.05) is 6.07 Å². The molecule has 0 unspecified atom stereocenters. The Balaban J connectivity index is 2.09. The third-order valence-electron chi connectivity index (χ3n) is 3.63. The Hall–Kier alpha value is -2.16. The van der Waals surface area contributed by atoms with Crippen LogP contribution in [0.4, 0.5) is 0 Å². The van der Waals surface area contributed by atoms with E-state index in [1.54, 1.807) is 6.20 Å². The summed E-state index contributed by atoms with van der Waals surface area (Å²) in [6, 6.07) is 10.5. The molecule has 3 heteroatoms. The standard InChI is InChI=1S/C15H13N3/c1-2-7-12-11(5-1)6-3-8-13-14(12)17-15-16-9-4-10-18(13)15/h1-2,4-5,7,9-10H,3,6,8H2. The number of nitrogens with zero attached hydrogens (tertiary/aromatic N) is 3. The lowest BCUT2D eigenvalue weighted by molar-refractivity contribution is 0.803. The largest absolute Gasteiger partial charge is 0.288 e. The lowest BCUT2D eigenvalue weighted by Crippen LogP contribution is -1.94. The molecule has 4 rings (SSSR count). The number of hydrogen-bond acceptors (Lipinski definition) is 2. The van der Waals surface area contributed by atoms with E-state index < -0.39 is 0 Å². The highest BCUT2D eigenvalue weighted by Gasteiger charge is 2.19. The molecule has 18 heavy (non-hydrogen) atoms. The maximum Gasteiger partial charge on any atom is 0.234 e. The number of fused-ring (bicyclic) bond motifs is 5. The monoisotopic (exact) mass is 235 g/mol. The van der Waals surface area contributed by atoms with Gasteiger partial charge in [-0.15, -0.1) is 0 Å². The topological polar surface area (TPSA) is 30.2 Å². The van der Waals surface area contributed by atoms with Gasteiger partial charge in [-0.25, -0.2) is 9.97 Å². The summed E-state index contributed by atoms with van der Waals surface area (Å²) in [6.07, 6.45) is 7.23. The Kier molecular flexibility index (Phi) is 2.00. The third-order valence-corrected chi connectivity index (χ3v) is 3.63. The van der Waals surface area contributed by atoms with Gasteiger partial charge in [-0.05, 0) is 30.9 Å². The van der Waals surface area contributed by atoms with Gasteiger partial charge in [0.2, 0.25) is 5.78 Å². The molecule has 0 amide bonds. The molecule has 88 valence electrons. The molecule has 0 saturated carbocycles. The van der Waals surface area contributed by atoms with Gasteiger partial charge in [0, 0.05) is 18.0 Å². The molecule has 0 atom stereocenters. The minimum atomic E-state index is 0.805. The van der Waals surface area contributed by atoms with Crippen LogP contribution in [0.2, 0.25) is 0 Å². The maximum atomic E-state index is 4.71. The summed E-state index contributed by atoms with van der Waals surface area (Å²) in [5.74, 6) is 0.805. The fourth-order valence-electron chi connectivity index (χ4n) is 2.81. The van der Waals surface area contributed by atoms with Gasteiger partial charge in [-0.3, -0.25) is 4.40 Å². The van der Waals surface area contributed by atoms with E-state index in [4.69, 9.17) is 4.98 Å². The summed E-state index contributed by atoms with van der Waals surface area (Å²) in [5, 5.41) is 0. The molecule has 1 aromatic carbocycles. The zero-order chi connectivity index (χ0) is 11.9. The highest BCUT2D eigenvalue weighted by atomic mass is 15.1. The van der Waals surface area contributed by atoms with Crippen molar-refractivity contribution >= 4 is 5.78 Å². The molecular formula is C15H13N3. The average molecular weight is 235 g/mol. The first-order chi connectivity index (χ1) is 8.93. The van der Waals surface area contributed by atoms with Crippen molar-refractivity contribution in [2.24, 2.45) is 0 Å². The normalized spacial score (nSPS) is 14.0. The van der Waals surface area contributed by atoms with Crippen LogP contribution in [-0.4, -0.2) is 14.4 Å². The fraction of sp³-hybridized carbons (Fsp3) is 0.200. The number of rotatable bonds is 0. The van der Waals surface area contributed by atoms with Crippen molar-refractivity contribution in [3.8, 4) is 11.3 Å². The summed E-state index contributed by atoms with van der Waals surface area (Å²) in [5.41, 5.74) is 5.08. The van der Waals surface area contributed by atoms with Crippen molar-refractivity contribution in [1.29, 1.82) is 0 Å². The van der Waals surface area contributed by atoms with Crippen LogP contribution in [0, 0.1) is 0 Å². The molecule has 1 aliphatic carbocycles. The molecule has 0 spiro atoms. The first kappa shape index (κ1) is 9.83. The molecule has 0 aliphatic heterocycles. The number of imidazole rings is 1. The number of aromatic nitrogens is 3. The van der Waals surface area contributed by atoms with Crippen molar-refractivity contribution in [2.75, 3.05) is 0 Å². The van der Waals surface area contributed by atoms with Gasteiger partial charge in [0.25, 0.3) is 0 Å². The van der Waals surface area contributed by atoms with Gasteiger partial charge in [0.05, 0.1) is 11.4 Å². The second-order valence-corrected chi connectivity index (χ2v) is 4.71. The average Bonchev–Trinajstić information content (AvgIpc) is 2.69. The van der Waals surface area contributed by atoms with Crippen molar-refractivity contribution < 1.29 is 0 Å². The van der Waals surface area contributed by atoms with Gasteiger partial charge in [0.1, 0.15) is 0 Å². The zero-order valence-corrected chi connectivity index (χ0v) is 10.0. The number of benzene rings is 1. The van der Waals surface area contributed by atoms with Crippen LogP contribution in [0.15, 0.2) is 42.7 Å². The van der Waals surface area contributed by atoms with Crippen LogP contribution in [0.5, 0.6) is 0 Å². The molecule has 0 radical (unpaired) electrons. The molecule has 1 aliphatic rings. The molecule has 3 nitrogen and oxygen atoms in total. The Morgan fingerprint density at radius 3 is 3.00 bits per heavy atom. The van der Waals surface area contributed by atoms with Gasteiger partial charge in [-0.1, -0.05) is 24.3 Å². The number of aryl methyl sites for hydroxylation is 2. The molecule has 2 heterocycles. The van der Waals surface area contributed by atoms with Gasteiger partial charge in [0.15, 0.2) is 0 Å². The van der Waals surface area contributed by atoms with E-state index in [-0.39, 0.29) is 0 Å². The van der Waals surface area contributed by atoms with Crippen molar-refractivity contribution in [3.05, 3.63) is 54.0 Å². The second-order valence-electron chi connectivity index (χ2n) is 4.71. The Bertz CT molecular complexity index is 727. The van der Waals surface area contributed by atoms with E-state index in [0.29, 0.717) is 0 Å². The van der Waals surface area contributed by atoms with E-state index in [0.717, 1.165) is 24.3 Å². The second kappa shape index (κ2) is 3.67. The van der Waals surface area contributed by atoms with Crippen molar-refractivity contribution in [1.82, 2.24) is 14.4 Å². The zero-order valence-electron chi connectivity index (χ0n) is 10.0. The van der Waals surface area contributed by atoms with Crippen LogP contribution in [0.3, 0.4) is 0 Å². The summed E-state index contributed by atoms with van der Waals surface area (Å²) >= 11 is 0. The van der Waals surface area contributed by atoms with Crippen LogP contribution in [0.25, 0.3) is 17.0 Å². The van der Waals surface area contributed by atoms with E-state index in [2.05, 4.69) is 39.8 Å². The first-order valence-corrected chi connectivity index (χ1v) is 6.34. The molecule has 3 aromatic rings. The van der Waals surface area contributed by atoms with Crippen LogP contribution >= 0.6 is 0 Å². The minimum Gasteiger partial charge on any atom is -0.288 e. The SMILES string of the molecule is c1ccc2c(c1)CCCc1c-2nc2ncccn12. The molecule has 0 fully saturated rings. The van der Waals surface area contributed by atoms with Gasteiger partial charge >= 0.3 is 0 Å². The molecule has 2 aromatic heterocycles. The summed E-state index contributed by atoms with van der Waals surface area (Å²) in [4.78, 5) is 9.05. The van der Waals surface area contributed by atoms with Crippen molar-refractivity contribution in [2.45, 2.75) is 19.3 Å². The molecular weight excluding hydrogens is 222 g/mol. The predicted molar refractivity (Wildman–Crippen MR) is 70.4 cm³/mol. The Morgan fingerprint density at radius 1 is 1.06 bits per heavy atom. The van der Waals surface area contributed by atoms with Gasteiger partial charge < -0.3 is 0 Å². The summed E-state index contributed by atoms with van der Waals surface area (Å²) in [7, 11) is 0. The van der Waals surface area contributed by atoms with Crippen LogP contribution < -0.4 is 0 Å². The summed E-state index contributed by atoms with van der Waals surface area (Å²) in [6.45, 7) is 0. The van der Waals surface area contributed by atoms with E-state index in [1.165, 1.54) is 23.2 Å². The Labute approximate surface area is 105 Å². The third kappa shape index (κ3) is 1.30. The highest BCUT2D eigenvalue weighted by molar-refractivity contribution is 5.69. The van der Waals surface area contributed by atoms with E-state index >= 15 is 0 Å². The molecule has 0 saturated heterocycles. The predicted octanol–water partition coefficient (Wildman–Crippen LogP) is 2.89. The lowest BCUT2D eigenvalue weighted by Gasteiger charge is -2.03. The van der Waals surface area contributed by atoms with E-state index in [9.17, 15) is 0 Å². The van der Waals surface area contributed by atoms with Gasteiger partial charge in [-0.2, -0.15) is 0 Å². The lowest BCUT2D eigenvalue weighted by atomic mass is 10.0. The highest BCUT2D eigenvalue weighted by Crippen LogP contribution is 2.31. The fourth-order valence-corrected chi connectivity index (χ4v) is 2.81. The summed E-state index contributed by atoms with van der Waals surface area (Å²) < 4.78 is 2.12. The maximum absolute atomic E-state index is 4.71. The minimum absolute atomic E-state index is 0.805. The first-order valence-electron chi connectivity index (χ1n) is 6.34. The van der Waals surface area contributed by atoms with Crippen molar-refractivity contribution in [3.63, 3.8) is 0 Å². The molecule has 0 N–H and O–H groups in total. The Morgan fingerprint density at radius 2 is 2.00 bits per heavy atom.